The monoisotopic (exact) mass is 440 g/mol. The molecule has 0 aliphatic heterocycles. The molecule has 0 N–H and O–H groups in total. The number of rotatable bonds is 6. The highest BCUT2D eigenvalue weighted by molar-refractivity contribution is 14.1. The van der Waals surface area contributed by atoms with E-state index < -0.39 is 12.1 Å². The molecule has 0 spiro atoms. The lowest BCUT2D eigenvalue weighted by molar-refractivity contribution is -0.150. The molecular weight excluding hydrogens is 422 g/mol. The maximum absolute atomic E-state index is 12.5. The van der Waals surface area contributed by atoms with Gasteiger partial charge in [-0.15, -0.1) is 0 Å². The van der Waals surface area contributed by atoms with E-state index in [1.165, 1.54) is 0 Å². The summed E-state index contributed by atoms with van der Waals surface area (Å²) < 4.78 is 23.8. The zero-order chi connectivity index (χ0) is 16.2. The first-order valence-corrected chi connectivity index (χ1v) is 8.86. The highest BCUT2D eigenvalue weighted by Crippen LogP contribution is 2.45. The Morgan fingerprint density at radius 2 is 2.09 bits per heavy atom. The van der Waals surface area contributed by atoms with Crippen LogP contribution in [-0.4, -0.2) is 25.9 Å². The summed E-state index contributed by atoms with van der Waals surface area (Å²) in [4.78, 5) is 12.5. The molecule has 1 fully saturated rings. The van der Waals surface area contributed by atoms with E-state index in [0.717, 1.165) is 34.8 Å². The minimum atomic E-state index is -0.655. The van der Waals surface area contributed by atoms with Crippen LogP contribution in [0.2, 0.25) is 5.02 Å². The van der Waals surface area contributed by atoms with Crippen LogP contribution in [0.3, 0.4) is 0 Å². The van der Waals surface area contributed by atoms with Crippen LogP contribution in [0.4, 0.5) is 4.39 Å². The fraction of sp³-hybridized carbons (Fsp3) is 0.562. The van der Waals surface area contributed by atoms with Gasteiger partial charge in [0.15, 0.2) is 0 Å². The zero-order valence-corrected chi connectivity index (χ0v) is 15.4. The van der Waals surface area contributed by atoms with Crippen LogP contribution >= 0.6 is 34.2 Å². The maximum atomic E-state index is 12.5. The fourth-order valence-electron chi connectivity index (χ4n) is 2.95. The number of halogens is 3. The second-order valence-corrected chi connectivity index (χ2v) is 6.80. The molecule has 6 heteroatoms. The van der Waals surface area contributed by atoms with E-state index in [0.29, 0.717) is 17.4 Å². The van der Waals surface area contributed by atoms with Gasteiger partial charge in [-0.1, -0.05) is 24.4 Å². The summed E-state index contributed by atoms with van der Waals surface area (Å²) >= 11 is 8.35. The van der Waals surface area contributed by atoms with E-state index in [-0.39, 0.29) is 12.6 Å². The van der Waals surface area contributed by atoms with Crippen LogP contribution in [0, 0.1) is 3.57 Å². The maximum Gasteiger partial charge on any atom is 0.316 e. The molecule has 1 aliphatic rings. The molecule has 0 aromatic heterocycles. The van der Waals surface area contributed by atoms with Gasteiger partial charge in [0.05, 0.1) is 20.6 Å². The number of hydrogen-bond acceptors (Lipinski definition) is 3. The summed E-state index contributed by atoms with van der Waals surface area (Å²) in [5.74, 6) is 0.317. The molecule has 0 heterocycles. The number of carbonyl (C=O) groups excluding carboxylic acids is 1. The average Bonchev–Trinajstić information content (AvgIpc) is 2.99. The van der Waals surface area contributed by atoms with Crippen LogP contribution in [0.5, 0.6) is 5.75 Å². The third-order valence-electron chi connectivity index (χ3n) is 4.01. The van der Waals surface area contributed by atoms with Crippen molar-refractivity contribution in [2.75, 3.05) is 19.9 Å². The summed E-state index contributed by atoms with van der Waals surface area (Å²) in [6, 6.07) is 3.62. The van der Waals surface area contributed by atoms with Gasteiger partial charge in [0, 0.05) is 0 Å². The number of ether oxygens (including phenoxy) is 2. The molecule has 122 valence electrons. The van der Waals surface area contributed by atoms with Crippen molar-refractivity contribution in [1.29, 1.82) is 0 Å². The SMILES string of the molecule is CCOC(=O)C1(c2cc(Cl)c(I)c(OCCF)c2)CCCC1. The minimum Gasteiger partial charge on any atom is -0.490 e. The fourth-order valence-corrected chi connectivity index (χ4v) is 3.63. The van der Waals surface area contributed by atoms with Gasteiger partial charge in [-0.3, -0.25) is 4.79 Å². The third kappa shape index (κ3) is 3.50. The molecule has 0 atom stereocenters. The van der Waals surface area contributed by atoms with E-state index in [1.807, 2.05) is 12.1 Å². The van der Waals surface area contributed by atoms with Crippen molar-refractivity contribution >= 4 is 40.2 Å². The standard InChI is InChI=1S/C16H19ClFIO3/c1-2-21-15(20)16(5-3-4-6-16)11-9-12(17)14(19)13(10-11)22-8-7-18/h9-10H,2-8H2,1H3. The van der Waals surface area contributed by atoms with Crippen LogP contribution in [-0.2, 0) is 14.9 Å². The molecule has 0 unspecified atom stereocenters. The molecule has 0 saturated heterocycles. The van der Waals surface area contributed by atoms with Gasteiger partial charge in [-0.25, -0.2) is 4.39 Å². The molecule has 0 bridgehead atoms. The first-order chi connectivity index (χ1) is 10.5. The van der Waals surface area contributed by atoms with Crippen molar-refractivity contribution in [3.8, 4) is 5.75 Å². The first-order valence-electron chi connectivity index (χ1n) is 7.40. The number of benzene rings is 1. The number of esters is 1. The number of hydrogen-bond donors (Lipinski definition) is 0. The second kappa shape index (κ2) is 7.81. The summed E-state index contributed by atoms with van der Waals surface area (Å²) in [6.45, 7) is 1.56. The third-order valence-corrected chi connectivity index (χ3v) is 5.74. The zero-order valence-electron chi connectivity index (χ0n) is 12.5. The van der Waals surface area contributed by atoms with Gasteiger partial charge >= 0.3 is 5.97 Å². The Morgan fingerprint density at radius 3 is 2.68 bits per heavy atom. The van der Waals surface area contributed by atoms with Crippen LogP contribution in [0.1, 0.15) is 38.2 Å². The summed E-state index contributed by atoms with van der Waals surface area (Å²) in [7, 11) is 0. The molecule has 1 aromatic rings. The van der Waals surface area contributed by atoms with Crippen LogP contribution in [0.15, 0.2) is 12.1 Å². The van der Waals surface area contributed by atoms with E-state index in [9.17, 15) is 9.18 Å². The topological polar surface area (TPSA) is 35.5 Å². The van der Waals surface area contributed by atoms with E-state index in [1.54, 1.807) is 6.92 Å². The van der Waals surface area contributed by atoms with Gasteiger partial charge in [-0.05, 0) is 60.1 Å². The summed E-state index contributed by atoms with van der Waals surface area (Å²) in [5.41, 5.74) is 0.153. The predicted octanol–water partition coefficient (Wildman–Crippen LogP) is 4.67. The van der Waals surface area contributed by atoms with Crippen molar-refractivity contribution in [3.63, 3.8) is 0 Å². The Morgan fingerprint density at radius 1 is 1.41 bits per heavy atom. The Hall–Kier alpha value is -0.560. The Bertz CT molecular complexity index is 544. The molecular formula is C16H19ClFIO3. The summed E-state index contributed by atoms with van der Waals surface area (Å²) in [6.07, 6.45) is 3.43. The molecule has 0 radical (unpaired) electrons. The predicted molar refractivity (Wildman–Crippen MR) is 92.4 cm³/mol. The summed E-state index contributed by atoms with van der Waals surface area (Å²) in [5, 5.41) is 0.516. The molecule has 1 aromatic carbocycles. The lowest BCUT2D eigenvalue weighted by Gasteiger charge is -2.28. The minimum absolute atomic E-state index is 0.0256. The Labute approximate surface area is 148 Å². The van der Waals surface area contributed by atoms with Gasteiger partial charge in [0.1, 0.15) is 19.0 Å². The lowest BCUT2D eigenvalue weighted by Crippen LogP contribution is -2.34. The first kappa shape index (κ1) is 17.8. The Balaban J connectivity index is 2.43. The van der Waals surface area contributed by atoms with Crippen LogP contribution < -0.4 is 4.74 Å². The van der Waals surface area contributed by atoms with E-state index >= 15 is 0 Å². The highest BCUT2D eigenvalue weighted by atomic mass is 127. The van der Waals surface area contributed by atoms with Crippen molar-refractivity contribution in [2.45, 2.75) is 38.0 Å². The number of alkyl halides is 1. The van der Waals surface area contributed by atoms with Gasteiger partial charge in [-0.2, -0.15) is 0 Å². The van der Waals surface area contributed by atoms with Crippen molar-refractivity contribution < 1.29 is 18.7 Å². The van der Waals surface area contributed by atoms with Crippen molar-refractivity contribution in [1.82, 2.24) is 0 Å². The smallest absolute Gasteiger partial charge is 0.316 e. The van der Waals surface area contributed by atoms with Crippen LogP contribution in [0.25, 0.3) is 0 Å². The average molecular weight is 441 g/mol. The van der Waals surface area contributed by atoms with Gasteiger partial charge < -0.3 is 9.47 Å². The molecule has 0 amide bonds. The van der Waals surface area contributed by atoms with Gasteiger partial charge in [0.25, 0.3) is 0 Å². The molecule has 3 nitrogen and oxygen atoms in total. The molecule has 2 rings (SSSR count). The van der Waals surface area contributed by atoms with Crippen molar-refractivity contribution in [2.24, 2.45) is 0 Å². The molecule has 1 aliphatic carbocycles. The Kier molecular flexibility index (Phi) is 6.32. The molecule has 22 heavy (non-hydrogen) atoms. The van der Waals surface area contributed by atoms with E-state index in [2.05, 4.69) is 22.6 Å². The highest BCUT2D eigenvalue weighted by Gasteiger charge is 2.44. The van der Waals surface area contributed by atoms with E-state index in [4.69, 9.17) is 21.1 Å². The quantitative estimate of drug-likeness (QED) is 0.476. The van der Waals surface area contributed by atoms with Gasteiger partial charge in [0.2, 0.25) is 0 Å². The van der Waals surface area contributed by atoms with Crippen molar-refractivity contribution in [3.05, 3.63) is 26.3 Å². The normalized spacial score (nSPS) is 16.5. The number of carbonyl (C=O) groups is 1. The molecule has 1 saturated carbocycles. The lowest BCUT2D eigenvalue weighted by atomic mass is 9.79. The largest absolute Gasteiger partial charge is 0.490 e. The second-order valence-electron chi connectivity index (χ2n) is 5.32.